The van der Waals surface area contributed by atoms with Crippen LogP contribution in [0.4, 0.5) is 5.69 Å². The highest BCUT2D eigenvalue weighted by molar-refractivity contribution is 5.81. The predicted octanol–water partition coefficient (Wildman–Crippen LogP) is 1.63. The Morgan fingerprint density at radius 1 is 1.38 bits per heavy atom. The number of anilines is 1. The summed E-state index contributed by atoms with van der Waals surface area (Å²) in [6.45, 7) is 6.65. The SMILES string of the molecule is CCOc1cc(C=O)cc(N)c1OCC(=O)NCC(C)C. The summed E-state index contributed by atoms with van der Waals surface area (Å²) in [6, 6.07) is 3.02. The third kappa shape index (κ3) is 5.33. The summed E-state index contributed by atoms with van der Waals surface area (Å²) in [6.07, 6.45) is 0.679. The average Bonchev–Trinajstić information content (AvgIpc) is 2.44. The number of nitrogen functional groups attached to an aromatic ring is 1. The Balaban J connectivity index is 2.77. The van der Waals surface area contributed by atoms with Crippen LogP contribution in [0.1, 0.15) is 31.1 Å². The molecule has 0 aliphatic rings. The van der Waals surface area contributed by atoms with Crippen molar-refractivity contribution in [1.82, 2.24) is 5.32 Å². The van der Waals surface area contributed by atoms with Gasteiger partial charge in [-0.3, -0.25) is 9.59 Å². The van der Waals surface area contributed by atoms with Gasteiger partial charge in [-0.2, -0.15) is 0 Å². The number of aldehydes is 1. The third-order valence-electron chi connectivity index (χ3n) is 2.60. The minimum absolute atomic E-state index is 0.155. The highest BCUT2D eigenvalue weighted by Gasteiger charge is 2.13. The number of nitrogens with two attached hydrogens (primary N) is 1. The normalized spacial score (nSPS) is 10.3. The van der Waals surface area contributed by atoms with Gasteiger partial charge >= 0.3 is 0 Å². The van der Waals surface area contributed by atoms with Crippen LogP contribution in [0.5, 0.6) is 11.5 Å². The minimum atomic E-state index is -0.231. The molecule has 0 saturated carbocycles. The second kappa shape index (κ2) is 8.14. The van der Waals surface area contributed by atoms with E-state index in [1.807, 2.05) is 20.8 Å². The van der Waals surface area contributed by atoms with E-state index in [1.165, 1.54) is 12.1 Å². The van der Waals surface area contributed by atoms with E-state index in [4.69, 9.17) is 15.2 Å². The van der Waals surface area contributed by atoms with Gasteiger partial charge in [0.05, 0.1) is 12.3 Å². The van der Waals surface area contributed by atoms with Crippen LogP contribution in [0.15, 0.2) is 12.1 Å². The van der Waals surface area contributed by atoms with Gasteiger partial charge in [-0.1, -0.05) is 13.8 Å². The molecule has 21 heavy (non-hydrogen) atoms. The van der Waals surface area contributed by atoms with Crippen molar-refractivity contribution in [3.8, 4) is 11.5 Å². The fraction of sp³-hybridized carbons (Fsp3) is 0.467. The van der Waals surface area contributed by atoms with E-state index in [2.05, 4.69) is 5.32 Å². The van der Waals surface area contributed by atoms with Crippen molar-refractivity contribution in [3.05, 3.63) is 17.7 Å². The largest absolute Gasteiger partial charge is 0.490 e. The van der Waals surface area contributed by atoms with Crippen LogP contribution in [0.25, 0.3) is 0 Å². The van der Waals surface area contributed by atoms with Crippen LogP contribution >= 0.6 is 0 Å². The van der Waals surface area contributed by atoms with Crippen molar-refractivity contribution in [2.24, 2.45) is 5.92 Å². The van der Waals surface area contributed by atoms with E-state index >= 15 is 0 Å². The molecule has 0 aliphatic heterocycles. The van der Waals surface area contributed by atoms with E-state index in [0.29, 0.717) is 36.7 Å². The molecule has 0 bridgehead atoms. The highest BCUT2D eigenvalue weighted by atomic mass is 16.5. The first-order valence-electron chi connectivity index (χ1n) is 6.88. The third-order valence-corrected chi connectivity index (χ3v) is 2.60. The number of carbonyl (C=O) groups excluding carboxylic acids is 2. The smallest absolute Gasteiger partial charge is 0.257 e. The Morgan fingerprint density at radius 2 is 2.10 bits per heavy atom. The van der Waals surface area contributed by atoms with Gasteiger partial charge in [-0.25, -0.2) is 0 Å². The zero-order valence-electron chi connectivity index (χ0n) is 12.6. The number of benzene rings is 1. The zero-order chi connectivity index (χ0) is 15.8. The molecule has 1 aromatic carbocycles. The molecule has 0 unspecified atom stereocenters. The Bertz CT molecular complexity index is 501. The maximum atomic E-state index is 11.7. The van der Waals surface area contributed by atoms with E-state index in [0.717, 1.165) is 0 Å². The van der Waals surface area contributed by atoms with Gasteiger partial charge in [0.2, 0.25) is 0 Å². The van der Waals surface area contributed by atoms with Crippen LogP contribution in [0, 0.1) is 5.92 Å². The molecule has 0 aliphatic carbocycles. The summed E-state index contributed by atoms with van der Waals surface area (Å²) >= 11 is 0. The van der Waals surface area contributed by atoms with Gasteiger partial charge in [-0.15, -0.1) is 0 Å². The number of hydrogen-bond acceptors (Lipinski definition) is 5. The van der Waals surface area contributed by atoms with Gasteiger partial charge < -0.3 is 20.5 Å². The minimum Gasteiger partial charge on any atom is -0.490 e. The molecule has 1 aromatic rings. The lowest BCUT2D eigenvalue weighted by molar-refractivity contribution is -0.123. The summed E-state index contributed by atoms with van der Waals surface area (Å²) < 4.78 is 10.8. The van der Waals surface area contributed by atoms with Gasteiger partial charge in [0.25, 0.3) is 5.91 Å². The topological polar surface area (TPSA) is 90.7 Å². The quantitative estimate of drug-likeness (QED) is 0.562. The average molecular weight is 294 g/mol. The van der Waals surface area contributed by atoms with Gasteiger partial charge in [0, 0.05) is 12.1 Å². The Hall–Kier alpha value is -2.24. The number of hydrogen-bond donors (Lipinski definition) is 2. The molecule has 3 N–H and O–H groups in total. The van der Waals surface area contributed by atoms with Crippen LogP contribution < -0.4 is 20.5 Å². The maximum absolute atomic E-state index is 11.7. The lowest BCUT2D eigenvalue weighted by Gasteiger charge is -2.15. The Labute approximate surface area is 124 Å². The Kier molecular flexibility index (Phi) is 6.52. The van der Waals surface area contributed by atoms with Crippen molar-refractivity contribution >= 4 is 17.9 Å². The zero-order valence-corrected chi connectivity index (χ0v) is 12.6. The Morgan fingerprint density at radius 3 is 2.67 bits per heavy atom. The second-order valence-electron chi connectivity index (χ2n) is 4.97. The van der Waals surface area contributed by atoms with Crippen molar-refractivity contribution in [1.29, 1.82) is 0 Å². The molecule has 0 atom stereocenters. The van der Waals surface area contributed by atoms with Crippen molar-refractivity contribution in [2.45, 2.75) is 20.8 Å². The summed E-state index contributed by atoms with van der Waals surface area (Å²) in [5.41, 5.74) is 6.50. The summed E-state index contributed by atoms with van der Waals surface area (Å²) in [5, 5.41) is 2.74. The second-order valence-corrected chi connectivity index (χ2v) is 4.97. The lowest BCUT2D eigenvalue weighted by atomic mass is 10.2. The molecule has 0 heterocycles. The van der Waals surface area contributed by atoms with Crippen molar-refractivity contribution < 1.29 is 19.1 Å². The molecule has 0 aromatic heterocycles. The highest BCUT2D eigenvalue weighted by Crippen LogP contribution is 2.34. The van der Waals surface area contributed by atoms with E-state index in [9.17, 15) is 9.59 Å². The fourth-order valence-electron chi connectivity index (χ4n) is 1.64. The van der Waals surface area contributed by atoms with Crippen LogP contribution in [-0.4, -0.2) is 32.0 Å². The number of nitrogens with one attached hydrogen (secondary N) is 1. The van der Waals surface area contributed by atoms with Gasteiger partial charge in [-0.05, 0) is 25.0 Å². The number of rotatable bonds is 8. The molecular formula is C15H22N2O4. The molecule has 1 amide bonds. The number of carbonyl (C=O) groups is 2. The van der Waals surface area contributed by atoms with Crippen LogP contribution in [-0.2, 0) is 4.79 Å². The summed E-state index contributed by atoms with van der Waals surface area (Å²) in [4.78, 5) is 22.5. The van der Waals surface area contributed by atoms with Gasteiger partial charge in [0.1, 0.15) is 6.29 Å². The lowest BCUT2D eigenvalue weighted by Crippen LogP contribution is -2.31. The first-order chi connectivity index (χ1) is 9.97. The number of ether oxygens (including phenoxy) is 2. The summed E-state index contributed by atoms with van der Waals surface area (Å²) in [7, 11) is 0. The molecule has 0 radical (unpaired) electrons. The molecular weight excluding hydrogens is 272 g/mol. The van der Waals surface area contributed by atoms with E-state index in [-0.39, 0.29) is 24.0 Å². The predicted molar refractivity (Wildman–Crippen MR) is 80.8 cm³/mol. The van der Waals surface area contributed by atoms with E-state index < -0.39 is 0 Å². The molecule has 1 rings (SSSR count). The molecule has 0 spiro atoms. The number of amides is 1. The summed E-state index contributed by atoms with van der Waals surface area (Å²) in [5.74, 6) is 0.772. The maximum Gasteiger partial charge on any atom is 0.257 e. The van der Waals surface area contributed by atoms with E-state index in [1.54, 1.807) is 0 Å². The molecule has 0 fully saturated rings. The van der Waals surface area contributed by atoms with Crippen molar-refractivity contribution in [2.75, 3.05) is 25.5 Å². The first kappa shape index (κ1) is 16.8. The van der Waals surface area contributed by atoms with Gasteiger partial charge in [0.15, 0.2) is 18.1 Å². The van der Waals surface area contributed by atoms with Crippen molar-refractivity contribution in [3.63, 3.8) is 0 Å². The molecule has 6 heteroatoms. The fourth-order valence-corrected chi connectivity index (χ4v) is 1.64. The molecule has 0 saturated heterocycles. The molecule has 6 nitrogen and oxygen atoms in total. The van der Waals surface area contributed by atoms with Crippen LogP contribution in [0.2, 0.25) is 0 Å². The van der Waals surface area contributed by atoms with Crippen LogP contribution in [0.3, 0.4) is 0 Å². The monoisotopic (exact) mass is 294 g/mol. The molecule has 116 valence electrons. The first-order valence-corrected chi connectivity index (χ1v) is 6.88. The standard InChI is InChI=1S/C15H22N2O4/c1-4-20-13-6-11(8-18)5-12(16)15(13)21-9-14(19)17-7-10(2)3/h5-6,8,10H,4,7,9,16H2,1-3H3,(H,17,19).